The van der Waals surface area contributed by atoms with E-state index in [9.17, 15) is 4.79 Å². The van der Waals surface area contributed by atoms with Gasteiger partial charge in [-0.1, -0.05) is 11.6 Å². The van der Waals surface area contributed by atoms with E-state index in [1.807, 2.05) is 37.8 Å². The quantitative estimate of drug-likeness (QED) is 0.777. The number of ether oxygens (including phenoxy) is 1. The van der Waals surface area contributed by atoms with Crippen LogP contribution in [-0.2, 0) is 11.2 Å². The lowest BCUT2D eigenvalue weighted by Gasteiger charge is -2.34. The average molecular weight is 311 g/mol. The van der Waals surface area contributed by atoms with Crippen LogP contribution in [0.1, 0.15) is 39.2 Å². The van der Waals surface area contributed by atoms with Gasteiger partial charge in [-0.15, -0.1) is 0 Å². The van der Waals surface area contributed by atoms with Crippen molar-refractivity contribution in [3.8, 4) is 0 Å². The minimum atomic E-state index is -0.442. The number of piperidine rings is 1. The fraction of sp³-hybridized carbons (Fsp3) is 0.625. The topological polar surface area (TPSA) is 42.4 Å². The Morgan fingerprint density at radius 1 is 1.52 bits per heavy atom. The molecular weight excluding hydrogens is 288 g/mol. The van der Waals surface area contributed by atoms with Crippen molar-refractivity contribution in [1.82, 2.24) is 9.88 Å². The van der Waals surface area contributed by atoms with Gasteiger partial charge in [-0.3, -0.25) is 0 Å². The number of hydrogen-bond acceptors (Lipinski definition) is 3. The molecule has 1 aromatic heterocycles. The Kier molecular flexibility index (Phi) is 5.09. The predicted octanol–water partition coefficient (Wildman–Crippen LogP) is 3.92. The molecule has 0 spiro atoms. The van der Waals surface area contributed by atoms with Crippen molar-refractivity contribution in [2.75, 3.05) is 13.1 Å². The van der Waals surface area contributed by atoms with E-state index < -0.39 is 5.60 Å². The Morgan fingerprint density at radius 3 is 2.95 bits per heavy atom. The van der Waals surface area contributed by atoms with E-state index in [-0.39, 0.29) is 6.09 Å². The second-order valence-electron chi connectivity index (χ2n) is 6.63. The normalized spacial score (nSPS) is 19.4. The molecule has 1 aliphatic rings. The summed E-state index contributed by atoms with van der Waals surface area (Å²) in [4.78, 5) is 18.0. The van der Waals surface area contributed by atoms with Crippen molar-refractivity contribution in [2.45, 2.75) is 45.6 Å². The number of rotatable bonds is 2. The van der Waals surface area contributed by atoms with Gasteiger partial charge in [0.2, 0.25) is 0 Å². The number of carbonyl (C=O) groups excluding carboxylic acids is 1. The number of halogens is 1. The Morgan fingerprint density at radius 2 is 2.29 bits per heavy atom. The van der Waals surface area contributed by atoms with Gasteiger partial charge in [0.15, 0.2) is 0 Å². The number of carbonyl (C=O) groups is 1. The van der Waals surface area contributed by atoms with Crippen LogP contribution in [0.4, 0.5) is 4.79 Å². The smallest absolute Gasteiger partial charge is 0.410 e. The summed E-state index contributed by atoms with van der Waals surface area (Å²) in [5, 5.41) is 0.521. The summed E-state index contributed by atoms with van der Waals surface area (Å²) in [6.07, 6.45) is 4.58. The Balaban J connectivity index is 1.93. The third-order valence-corrected chi connectivity index (χ3v) is 3.69. The lowest BCUT2D eigenvalue weighted by Crippen LogP contribution is -2.43. The van der Waals surface area contributed by atoms with Crippen molar-refractivity contribution in [2.24, 2.45) is 5.92 Å². The maximum absolute atomic E-state index is 12.1. The van der Waals surface area contributed by atoms with Crippen LogP contribution in [0.5, 0.6) is 0 Å². The molecular formula is C16H23ClN2O2. The van der Waals surface area contributed by atoms with E-state index in [4.69, 9.17) is 16.3 Å². The van der Waals surface area contributed by atoms with Crippen LogP contribution >= 0.6 is 11.6 Å². The molecule has 1 saturated heterocycles. The van der Waals surface area contributed by atoms with E-state index in [0.717, 1.165) is 32.4 Å². The van der Waals surface area contributed by atoms with Crippen molar-refractivity contribution >= 4 is 17.7 Å². The van der Waals surface area contributed by atoms with Crippen molar-refractivity contribution in [3.63, 3.8) is 0 Å². The third-order valence-electron chi connectivity index (χ3n) is 3.49. The van der Waals surface area contributed by atoms with Crippen molar-refractivity contribution in [3.05, 3.63) is 29.0 Å². The lowest BCUT2D eigenvalue weighted by molar-refractivity contribution is 0.0166. The monoisotopic (exact) mass is 310 g/mol. The molecule has 2 rings (SSSR count). The zero-order valence-electron chi connectivity index (χ0n) is 12.9. The first-order chi connectivity index (χ1) is 9.83. The number of aromatic nitrogens is 1. The summed E-state index contributed by atoms with van der Waals surface area (Å²) >= 11 is 5.92. The summed E-state index contributed by atoms with van der Waals surface area (Å²) in [5.74, 6) is 0.449. The zero-order valence-corrected chi connectivity index (χ0v) is 13.7. The largest absolute Gasteiger partial charge is 0.444 e. The number of hydrogen-bond donors (Lipinski definition) is 0. The molecule has 0 aromatic carbocycles. The van der Waals surface area contributed by atoms with Gasteiger partial charge in [0.25, 0.3) is 0 Å². The van der Waals surface area contributed by atoms with Gasteiger partial charge in [0.05, 0.1) is 0 Å². The van der Waals surface area contributed by atoms with Crippen LogP contribution in [0.25, 0.3) is 0 Å². The molecule has 1 aromatic rings. The Hall–Kier alpha value is -1.29. The van der Waals surface area contributed by atoms with Crippen LogP contribution in [0, 0.1) is 5.92 Å². The molecule has 21 heavy (non-hydrogen) atoms. The minimum Gasteiger partial charge on any atom is -0.444 e. The van der Waals surface area contributed by atoms with Gasteiger partial charge >= 0.3 is 6.09 Å². The molecule has 0 aliphatic carbocycles. The maximum Gasteiger partial charge on any atom is 0.410 e. The Bertz CT molecular complexity index is 499. The van der Waals surface area contributed by atoms with E-state index in [1.165, 1.54) is 5.56 Å². The van der Waals surface area contributed by atoms with Crippen LogP contribution in [-0.4, -0.2) is 34.7 Å². The highest BCUT2D eigenvalue weighted by atomic mass is 35.5. The molecule has 0 bridgehead atoms. The molecule has 1 aliphatic heterocycles. The van der Waals surface area contributed by atoms with Crippen LogP contribution in [0.2, 0.25) is 5.15 Å². The van der Waals surface area contributed by atoms with Gasteiger partial charge in [-0.2, -0.15) is 0 Å². The SMILES string of the molecule is CC(C)(C)OC(=O)N1CCC[C@@H](Cc2ccnc(Cl)c2)C1. The summed E-state index contributed by atoms with van der Waals surface area (Å²) < 4.78 is 5.45. The minimum absolute atomic E-state index is 0.208. The second-order valence-corrected chi connectivity index (χ2v) is 7.01. The molecule has 0 unspecified atom stereocenters. The molecule has 1 amide bonds. The highest BCUT2D eigenvalue weighted by Gasteiger charge is 2.27. The number of pyridine rings is 1. The standard InChI is InChI=1S/C16H23ClN2O2/c1-16(2,3)21-15(20)19-8-4-5-13(11-19)9-12-6-7-18-14(17)10-12/h6-7,10,13H,4-5,8-9,11H2,1-3H3/t13-/m0/s1. The van der Waals surface area contributed by atoms with E-state index in [2.05, 4.69) is 4.98 Å². The lowest BCUT2D eigenvalue weighted by atomic mass is 9.92. The van der Waals surface area contributed by atoms with Gasteiger partial charge in [0.1, 0.15) is 10.8 Å². The fourth-order valence-corrected chi connectivity index (χ4v) is 2.82. The maximum atomic E-state index is 12.1. The molecule has 0 N–H and O–H groups in total. The van der Waals surface area contributed by atoms with Crippen LogP contribution < -0.4 is 0 Å². The van der Waals surface area contributed by atoms with Crippen molar-refractivity contribution in [1.29, 1.82) is 0 Å². The third kappa shape index (κ3) is 5.20. The predicted molar refractivity (Wildman–Crippen MR) is 83.5 cm³/mol. The van der Waals surface area contributed by atoms with Crippen LogP contribution in [0.15, 0.2) is 18.3 Å². The highest BCUT2D eigenvalue weighted by Crippen LogP contribution is 2.23. The zero-order chi connectivity index (χ0) is 15.5. The fourth-order valence-electron chi connectivity index (χ4n) is 2.63. The molecule has 2 heterocycles. The van der Waals surface area contributed by atoms with Gasteiger partial charge in [0, 0.05) is 19.3 Å². The second kappa shape index (κ2) is 6.65. The first-order valence-corrected chi connectivity index (χ1v) is 7.79. The summed E-state index contributed by atoms with van der Waals surface area (Å²) in [6, 6.07) is 3.88. The first kappa shape index (κ1) is 16.1. The molecule has 4 nitrogen and oxygen atoms in total. The summed E-state index contributed by atoms with van der Waals surface area (Å²) in [7, 11) is 0. The first-order valence-electron chi connectivity index (χ1n) is 7.42. The molecule has 1 atom stereocenters. The average Bonchev–Trinajstić information content (AvgIpc) is 2.37. The highest BCUT2D eigenvalue weighted by molar-refractivity contribution is 6.29. The van der Waals surface area contributed by atoms with E-state index >= 15 is 0 Å². The molecule has 116 valence electrons. The molecule has 1 fully saturated rings. The van der Waals surface area contributed by atoms with E-state index in [0.29, 0.717) is 11.1 Å². The van der Waals surface area contributed by atoms with E-state index in [1.54, 1.807) is 6.20 Å². The number of amides is 1. The van der Waals surface area contributed by atoms with Crippen LogP contribution in [0.3, 0.4) is 0 Å². The Labute approximate surface area is 131 Å². The molecule has 0 radical (unpaired) electrons. The number of nitrogens with zero attached hydrogens (tertiary/aromatic N) is 2. The summed E-state index contributed by atoms with van der Waals surface area (Å²) in [6.45, 7) is 7.21. The van der Waals surface area contributed by atoms with Crippen molar-refractivity contribution < 1.29 is 9.53 Å². The van der Waals surface area contributed by atoms with Gasteiger partial charge in [-0.05, 0) is 63.6 Å². The van der Waals surface area contributed by atoms with Gasteiger partial charge in [-0.25, -0.2) is 9.78 Å². The van der Waals surface area contributed by atoms with Gasteiger partial charge < -0.3 is 9.64 Å². The number of likely N-dealkylation sites (tertiary alicyclic amines) is 1. The summed E-state index contributed by atoms with van der Waals surface area (Å²) in [5.41, 5.74) is 0.730. The molecule has 0 saturated carbocycles. The molecule has 5 heteroatoms.